The van der Waals surface area contributed by atoms with Crippen LogP contribution in [0.4, 0.5) is 5.82 Å². The molecule has 0 unspecified atom stereocenters. The number of amides is 1. The summed E-state index contributed by atoms with van der Waals surface area (Å²) in [6.07, 6.45) is 2.55. The van der Waals surface area contributed by atoms with Crippen molar-refractivity contribution in [3.8, 4) is 0 Å². The molecule has 118 valence electrons. The molecule has 3 aromatic rings. The van der Waals surface area contributed by atoms with Gasteiger partial charge in [-0.05, 0) is 37.1 Å². The van der Waals surface area contributed by atoms with Crippen LogP contribution < -0.4 is 11.1 Å². The number of rotatable bonds is 5. The van der Waals surface area contributed by atoms with E-state index < -0.39 is 5.76 Å². The lowest BCUT2D eigenvalue weighted by Crippen LogP contribution is -2.17. The monoisotopic (exact) mass is 311 g/mol. The topological polar surface area (TPSA) is 77.1 Å². The van der Waals surface area contributed by atoms with Gasteiger partial charge in [0.25, 0.3) is 0 Å². The second-order valence-electron chi connectivity index (χ2n) is 5.36. The van der Waals surface area contributed by atoms with Crippen molar-refractivity contribution in [2.75, 3.05) is 5.32 Å². The van der Waals surface area contributed by atoms with Crippen molar-refractivity contribution < 1.29 is 9.21 Å². The Bertz CT molecular complexity index is 878. The van der Waals surface area contributed by atoms with Crippen molar-refractivity contribution in [1.29, 1.82) is 0 Å². The summed E-state index contributed by atoms with van der Waals surface area (Å²) in [6.45, 7) is 2.37. The number of nitrogens with zero attached hydrogens (tertiary/aromatic N) is 2. The van der Waals surface area contributed by atoms with Gasteiger partial charge in [-0.2, -0.15) is 0 Å². The zero-order chi connectivity index (χ0) is 16.2. The van der Waals surface area contributed by atoms with E-state index in [1.165, 1.54) is 0 Å². The Balaban J connectivity index is 1.58. The van der Waals surface area contributed by atoms with Crippen molar-refractivity contribution in [1.82, 2.24) is 9.55 Å². The number of fused-ring (bicyclic) bond motifs is 1. The van der Waals surface area contributed by atoms with E-state index >= 15 is 0 Å². The lowest BCUT2D eigenvalue weighted by molar-refractivity contribution is -0.116. The second kappa shape index (κ2) is 6.48. The van der Waals surface area contributed by atoms with Gasteiger partial charge < -0.3 is 9.73 Å². The molecular formula is C17H17N3O3. The summed E-state index contributed by atoms with van der Waals surface area (Å²) in [7, 11) is 0. The van der Waals surface area contributed by atoms with Crippen LogP contribution in [0.5, 0.6) is 0 Å². The van der Waals surface area contributed by atoms with E-state index in [1.807, 2.05) is 31.2 Å². The van der Waals surface area contributed by atoms with Crippen molar-refractivity contribution in [2.24, 2.45) is 0 Å². The third-order valence-electron chi connectivity index (χ3n) is 3.54. The van der Waals surface area contributed by atoms with Gasteiger partial charge in [0.1, 0.15) is 5.82 Å². The number of benzene rings is 1. The van der Waals surface area contributed by atoms with Gasteiger partial charge >= 0.3 is 5.76 Å². The number of para-hydroxylation sites is 2. The number of aromatic nitrogens is 2. The molecule has 2 aromatic heterocycles. The van der Waals surface area contributed by atoms with Gasteiger partial charge in [-0.25, -0.2) is 9.78 Å². The fourth-order valence-electron chi connectivity index (χ4n) is 2.37. The first kappa shape index (κ1) is 15.0. The van der Waals surface area contributed by atoms with Gasteiger partial charge in [0.15, 0.2) is 5.58 Å². The fourth-order valence-corrected chi connectivity index (χ4v) is 2.37. The van der Waals surface area contributed by atoms with Crippen LogP contribution in [0.1, 0.15) is 18.4 Å². The Kier molecular flexibility index (Phi) is 4.23. The summed E-state index contributed by atoms with van der Waals surface area (Å²) in [6, 6.07) is 10.9. The first-order chi connectivity index (χ1) is 11.1. The Morgan fingerprint density at radius 1 is 1.26 bits per heavy atom. The summed E-state index contributed by atoms with van der Waals surface area (Å²) in [5.41, 5.74) is 2.35. The lowest BCUT2D eigenvalue weighted by Gasteiger charge is -2.05. The van der Waals surface area contributed by atoms with Crippen LogP contribution in [0, 0.1) is 6.92 Å². The molecule has 0 fully saturated rings. The zero-order valence-corrected chi connectivity index (χ0v) is 12.8. The molecule has 0 spiro atoms. The van der Waals surface area contributed by atoms with Crippen LogP contribution in [0.25, 0.3) is 11.1 Å². The highest BCUT2D eigenvalue weighted by Crippen LogP contribution is 2.12. The molecule has 0 aliphatic rings. The van der Waals surface area contributed by atoms with Gasteiger partial charge in [-0.3, -0.25) is 9.36 Å². The van der Waals surface area contributed by atoms with Crippen LogP contribution in [-0.4, -0.2) is 15.5 Å². The van der Waals surface area contributed by atoms with Crippen molar-refractivity contribution >= 4 is 22.8 Å². The summed E-state index contributed by atoms with van der Waals surface area (Å²) < 4.78 is 6.71. The van der Waals surface area contributed by atoms with Crippen molar-refractivity contribution in [2.45, 2.75) is 26.3 Å². The van der Waals surface area contributed by atoms with Gasteiger partial charge in [-0.1, -0.05) is 18.2 Å². The second-order valence-corrected chi connectivity index (χ2v) is 5.36. The van der Waals surface area contributed by atoms with E-state index in [1.54, 1.807) is 22.9 Å². The molecule has 0 atom stereocenters. The number of hydrogen-bond donors (Lipinski definition) is 1. The lowest BCUT2D eigenvalue weighted by atomic mass is 10.2. The summed E-state index contributed by atoms with van der Waals surface area (Å²) in [4.78, 5) is 27.9. The van der Waals surface area contributed by atoms with Gasteiger partial charge in [0.2, 0.25) is 5.91 Å². The highest BCUT2D eigenvalue weighted by atomic mass is 16.4. The Labute approximate surface area is 132 Å². The number of pyridine rings is 1. The van der Waals surface area contributed by atoms with Crippen molar-refractivity contribution in [3.05, 3.63) is 58.7 Å². The maximum atomic E-state index is 11.9. The molecule has 1 aromatic carbocycles. The molecule has 0 saturated heterocycles. The predicted molar refractivity (Wildman–Crippen MR) is 87.3 cm³/mol. The normalized spacial score (nSPS) is 10.8. The molecule has 0 aliphatic carbocycles. The highest BCUT2D eigenvalue weighted by molar-refractivity contribution is 5.89. The zero-order valence-electron chi connectivity index (χ0n) is 12.8. The van der Waals surface area contributed by atoms with E-state index in [9.17, 15) is 9.59 Å². The first-order valence-electron chi connectivity index (χ1n) is 7.44. The molecule has 0 bridgehead atoms. The highest BCUT2D eigenvalue weighted by Gasteiger charge is 2.09. The molecule has 0 radical (unpaired) electrons. The summed E-state index contributed by atoms with van der Waals surface area (Å²) in [5.74, 6) is 0.0144. The van der Waals surface area contributed by atoms with Crippen molar-refractivity contribution in [3.63, 3.8) is 0 Å². The molecule has 1 amide bonds. The largest absolute Gasteiger partial charge is 0.419 e. The van der Waals surface area contributed by atoms with Gasteiger partial charge in [0, 0.05) is 19.2 Å². The SMILES string of the molecule is Cc1ccc(NC(=O)CCCn2c(=O)oc3ccccc32)nc1. The molecule has 0 saturated carbocycles. The Morgan fingerprint density at radius 3 is 2.87 bits per heavy atom. The van der Waals surface area contributed by atoms with Gasteiger partial charge in [0.05, 0.1) is 5.52 Å². The molecule has 6 heteroatoms. The summed E-state index contributed by atoms with van der Waals surface area (Å²) >= 11 is 0. The minimum atomic E-state index is -0.396. The van der Waals surface area contributed by atoms with E-state index in [4.69, 9.17) is 4.42 Å². The maximum absolute atomic E-state index is 11.9. The predicted octanol–water partition coefficient (Wildman–Crippen LogP) is 2.72. The quantitative estimate of drug-likeness (QED) is 0.786. The number of hydrogen-bond acceptors (Lipinski definition) is 4. The Morgan fingerprint density at radius 2 is 2.09 bits per heavy atom. The molecule has 3 rings (SSSR count). The van der Waals surface area contributed by atoms with Crippen LogP contribution in [0.15, 0.2) is 51.8 Å². The van der Waals surface area contributed by atoms with E-state index in [0.717, 1.165) is 11.1 Å². The van der Waals surface area contributed by atoms with Crippen LogP contribution >= 0.6 is 0 Å². The first-order valence-corrected chi connectivity index (χ1v) is 7.44. The molecule has 23 heavy (non-hydrogen) atoms. The molecule has 2 heterocycles. The summed E-state index contributed by atoms with van der Waals surface area (Å²) in [5, 5.41) is 2.74. The van der Waals surface area contributed by atoms with E-state index in [2.05, 4.69) is 10.3 Å². The molecule has 0 aliphatic heterocycles. The van der Waals surface area contributed by atoms with E-state index in [0.29, 0.717) is 30.8 Å². The average molecular weight is 311 g/mol. The molecule has 1 N–H and O–H groups in total. The molecule has 6 nitrogen and oxygen atoms in total. The fraction of sp³-hybridized carbons (Fsp3) is 0.235. The minimum absolute atomic E-state index is 0.123. The third-order valence-corrected chi connectivity index (χ3v) is 3.54. The number of aryl methyl sites for hydroxylation is 2. The van der Waals surface area contributed by atoms with Crippen LogP contribution in [-0.2, 0) is 11.3 Å². The molecular weight excluding hydrogens is 294 g/mol. The van der Waals surface area contributed by atoms with E-state index in [-0.39, 0.29) is 5.91 Å². The minimum Gasteiger partial charge on any atom is -0.408 e. The van der Waals surface area contributed by atoms with Gasteiger partial charge in [-0.15, -0.1) is 0 Å². The number of carbonyl (C=O) groups is 1. The van der Waals surface area contributed by atoms with Crippen LogP contribution in [0.2, 0.25) is 0 Å². The third kappa shape index (κ3) is 3.48. The van der Waals surface area contributed by atoms with Crippen LogP contribution in [0.3, 0.4) is 0 Å². The smallest absolute Gasteiger partial charge is 0.408 e. The number of anilines is 1. The maximum Gasteiger partial charge on any atom is 0.419 e. The average Bonchev–Trinajstić information content (AvgIpc) is 2.86. The number of carbonyl (C=O) groups excluding carboxylic acids is 1. The number of oxazole rings is 1. The number of nitrogens with one attached hydrogen (secondary N) is 1. The standard InChI is InChI=1S/C17H17N3O3/c1-12-8-9-15(18-11-12)19-16(21)7-4-10-20-13-5-2-3-6-14(13)23-17(20)22/h2-3,5-6,8-9,11H,4,7,10H2,1H3,(H,18,19,21). The Hall–Kier alpha value is -2.89.